The molecule has 0 spiro atoms. The monoisotopic (exact) mass is 418 g/mol. The molecule has 0 saturated heterocycles. The second kappa shape index (κ2) is 9.00. The maximum Gasteiger partial charge on any atom is 0.407 e. The van der Waals surface area contributed by atoms with Crippen LogP contribution < -0.4 is 10.4 Å². The standard InChI is InChI=1S/C25H22FNO4/c26-17-11-9-16(10-12-17)13-18(14-24(28)29)27-25(30)31-15-23-21-7-3-1-5-19(21)20-6-2-4-8-22(20)23/h1-12,18,23H,13-15H2,(H,27,30)(H,28,29)/p-1/t18-/m0/s1. The quantitative estimate of drug-likeness (QED) is 0.638. The summed E-state index contributed by atoms with van der Waals surface area (Å²) in [6.45, 7) is 0.133. The Bertz CT molecular complexity index is 1050. The molecule has 0 unspecified atom stereocenters. The molecule has 1 aliphatic carbocycles. The number of benzene rings is 3. The summed E-state index contributed by atoms with van der Waals surface area (Å²) in [6.07, 6.45) is -0.852. The smallest absolute Gasteiger partial charge is 0.407 e. The van der Waals surface area contributed by atoms with Crippen molar-refractivity contribution in [3.63, 3.8) is 0 Å². The molecule has 0 heterocycles. The molecule has 158 valence electrons. The number of ether oxygens (including phenoxy) is 1. The topological polar surface area (TPSA) is 78.5 Å². The van der Waals surface area contributed by atoms with Gasteiger partial charge in [-0.2, -0.15) is 0 Å². The van der Waals surface area contributed by atoms with Crippen molar-refractivity contribution in [2.75, 3.05) is 6.61 Å². The van der Waals surface area contributed by atoms with Crippen LogP contribution in [0.2, 0.25) is 0 Å². The number of nitrogens with one attached hydrogen (secondary N) is 1. The first-order valence-electron chi connectivity index (χ1n) is 10.1. The minimum atomic E-state index is -1.29. The molecule has 31 heavy (non-hydrogen) atoms. The van der Waals surface area contributed by atoms with Crippen LogP contribution in [0.3, 0.4) is 0 Å². The van der Waals surface area contributed by atoms with Crippen molar-refractivity contribution in [3.8, 4) is 11.1 Å². The molecule has 1 N–H and O–H groups in total. The van der Waals surface area contributed by atoms with E-state index in [-0.39, 0.29) is 31.2 Å². The summed E-state index contributed by atoms with van der Waals surface area (Å²) in [4.78, 5) is 23.6. The van der Waals surface area contributed by atoms with Gasteiger partial charge in [0.05, 0.1) is 0 Å². The average Bonchev–Trinajstić information content (AvgIpc) is 3.07. The van der Waals surface area contributed by atoms with Crippen molar-refractivity contribution in [1.82, 2.24) is 5.32 Å². The molecule has 0 bridgehead atoms. The van der Waals surface area contributed by atoms with Crippen LogP contribution in [0, 0.1) is 5.82 Å². The van der Waals surface area contributed by atoms with E-state index in [4.69, 9.17) is 4.74 Å². The molecule has 0 saturated carbocycles. The largest absolute Gasteiger partial charge is 0.550 e. The molecule has 0 fully saturated rings. The second-order valence-corrected chi connectivity index (χ2v) is 7.57. The summed E-state index contributed by atoms with van der Waals surface area (Å²) in [6, 6.07) is 21.0. The highest BCUT2D eigenvalue weighted by molar-refractivity contribution is 5.79. The summed E-state index contributed by atoms with van der Waals surface area (Å²) in [7, 11) is 0. The molecule has 4 rings (SSSR count). The van der Waals surface area contributed by atoms with E-state index in [1.54, 1.807) is 12.1 Å². The van der Waals surface area contributed by atoms with Crippen LogP contribution in [0.25, 0.3) is 11.1 Å². The lowest BCUT2D eigenvalue weighted by molar-refractivity contribution is -0.306. The SMILES string of the molecule is O=C([O-])C[C@H](Cc1ccc(F)cc1)NC(=O)OCC1c2ccccc2-c2ccccc21. The molecule has 0 aromatic heterocycles. The number of carbonyl (C=O) groups is 2. The molecular formula is C25H21FNO4-. The van der Waals surface area contributed by atoms with E-state index in [9.17, 15) is 19.1 Å². The van der Waals surface area contributed by atoms with Gasteiger partial charge in [-0.1, -0.05) is 60.7 Å². The summed E-state index contributed by atoms with van der Waals surface area (Å²) in [5.41, 5.74) is 5.13. The molecule has 3 aromatic carbocycles. The Kier molecular flexibility index (Phi) is 5.98. The minimum Gasteiger partial charge on any atom is -0.550 e. The van der Waals surface area contributed by atoms with Crippen LogP contribution in [0.1, 0.15) is 29.0 Å². The van der Waals surface area contributed by atoms with Crippen molar-refractivity contribution in [3.05, 3.63) is 95.3 Å². The minimum absolute atomic E-state index is 0.0881. The Morgan fingerprint density at radius 1 is 0.935 bits per heavy atom. The maximum absolute atomic E-state index is 13.1. The first-order chi connectivity index (χ1) is 15.0. The molecule has 1 atom stereocenters. The van der Waals surface area contributed by atoms with Gasteiger partial charge in [0, 0.05) is 24.3 Å². The van der Waals surface area contributed by atoms with Crippen LogP contribution in [0.5, 0.6) is 0 Å². The van der Waals surface area contributed by atoms with Crippen molar-refractivity contribution in [2.45, 2.75) is 24.8 Å². The van der Waals surface area contributed by atoms with Gasteiger partial charge in [0.25, 0.3) is 0 Å². The third kappa shape index (κ3) is 4.74. The fraction of sp³-hybridized carbons (Fsp3) is 0.200. The molecule has 0 radical (unpaired) electrons. The predicted octanol–water partition coefficient (Wildman–Crippen LogP) is 3.42. The number of hydrogen-bond donors (Lipinski definition) is 1. The van der Waals surface area contributed by atoms with Crippen molar-refractivity contribution in [2.24, 2.45) is 0 Å². The number of amides is 1. The first-order valence-corrected chi connectivity index (χ1v) is 10.1. The lowest BCUT2D eigenvalue weighted by atomic mass is 9.98. The van der Waals surface area contributed by atoms with Crippen LogP contribution in [-0.4, -0.2) is 24.7 Å². The van der Waals surface area contributed by atoms with Gasteiger partial charge in [0.2, 0.25) is 0 Å². The van der Waals surface area contributed by atoms with Crippen LogP contribution in [0.15, 0.2) is 72.8 Å². The molecule has 1 aliphatic rings. The van der Waals surface area contributed by atoms with Gasteiger partial charge in [-0.05, 0) is 46.4 Å². The fourth-order valence-electron chi connectivity index (χ4n) is 4.09. The predicted molar refractivity (Wildman–Crippen MR) is 112 cm³/mol. The molecule has 1 amide bonds. The molecule has 5 nitrogen and oxygen atoms in total. The third-order valence-corrected chi connectivity index (χ3v) is 5.47. The number of carboxylic acid groups (broad SMARTS) is 1. The highest BCUT2D eigenvalue weighted by atomic mass is 19.1. The van der Waals surface area contributed by atoms with E-state index in [0.717, 1.165) is 22.3 Å². The van der Waals surface area contributed by atoms with Gasteiger partial charge in [-0.25, -0.2) is 9.18 Å². The number of carboxylic acids is 1. The zero-order valence-electron chi connectivity index (χ0n) is 16.7. The Morgan fingerprint density at radius 3 is 2.10 bits per heavy atom. The summed E-state index contributed by atoms with van der Waals surface area (Å²) in [5, 5.41) is 13.7. The molecular weight excluding hydrogens is 397 g/mol. The Labute approximate surface area is 179 Å². The van der Waals surface area contributed by atoms with Crippen molar-refractivity contribution in [1.29, 1.82) is 0 Å². The normalized spacial score (nSPS) is 13.2. The number of halogens is 1. The van der Waals surface area contributed by atoms with Crippen molar-refractivity contribution < 1.29 is 23.8 Å². The Morgan fingerprint density at radius 2 is 1.52 bits per heavy atom. The second-order valence-electron chi connectivity index (χ2n) is 7.57. The zero-order valence-corrected chi connectivity index (χ0v) is 16.7. The number of rotatable bonds is 7. The van der Waals surface area contributed by atoms with Gasteiger partial charge >= 0.3 is 6.09 Å². The van der Waals surface area contributed by atoms with Gasteiger partial charge in [-0.15, -0.1) is 0 Å². The number of fused-ring (bicyclic) bond motifs is 3. The zero-order chi connectivity index (χ0) is 21.8. The molecule has 3 aromatic rings. The molecule has 6 heteroatoms. The summed E-state index contributed by atoms with van der Waals surface area (Å²) < 4.78 is 18.6. The van der Waals surface area contributed by atoms with Gasteiger partial charge < -0.3 is 20.0 Å². The number of hydrogen-bond acceptors (Lipinski definition) is 4. The van der Waals surface area contributed by atoms with E-state index in [1.165, 1.54) is 12.1 Å². The molecule has 0 aliphatic heterocycles. The van der Waals surface area contributed by atoms with E-state index >= 15 is 0 Å². The van der Waals surface area contributed by atoms with E-state index in [1.807, 2.05) is 48.5 Å². The summed E-state index contributed by atoms with van der Waals surface area (Å²) >= 11 is 0. The van der Waals surface area contributed by atoms with Crippen LogP contribution >= 0.6 is 0 Å². The Balaban J connectivity index is 1.42. The average molecular weight is 418 g/mol. The van der Waals surface area contributed by atoms with Gasteiger partial charge in [0.1, 0.15) is 12.4 Å². The number of aliphatic carboxylic acids is 1. The van der Waals surface area contributed by atoms with Gasteiger partial charge in [0.15, 0.2) is 0 Å². The highest BCUT2D eigenvalue weighted by Crippen LogP contribution is 2.44. The van der Waals surface area contributed by atoms with Crippen LogP contribution in [0.4, 0.5) is 9.18 Å². The lowest BCUT2D eigenvalue weighted by Crippen LogP contribution is -2.41. The van der Waals surface area contributed by atoms with Gasteiger partial charge in [-0.3, -0.25) is 0 Å². The van der Waals surface area contributed by atoms with E-state index in [0.29, 0.717) is 5.56 Å². The number of carbonyl (C=O) groups excluding carboxylic acids is 2. The number of alkyl carbamates (subject to hydrolysis) is 1. The maximum atomic E-state index is 13.1. The lowest BCUT2D eigenvalue weighted by Gasteiger charge is -2.20. The third-order valence-electron chi connectivity index (χ3n) is 5.47. The van der Waals surface area contributed by atoms with Crippen molar-refractivity contribution >= 4 is 12.1 Å². The first kappa shape index (κ1) is 20.6. The Hall–Kier alpha value is -3.67. The highest BCUT2D eigenvalue weighted by Gasteiger charge is 2.29. The van der Waals surface area contributed by atoms with E-state index < -0.39 is 18.1 Å². The summed E-state index contributed by atoms with van der Waals surface area (Å²) in [5.74, 6) is -1.76. The fourth-order valence-corrected chi connectivity index (χ4v) is 4.09. The van der Waals surface area contributed by atoms with E-state index in [2.05, 4.69) is 5.32 Å². The van der Waals surface area contributed by atoms with Crippen LogP contribution in [-0.2, 0) is 16.0 Å².